The summed E-state index contributed by atoms with van der Waals surface area (Å²) in [6.07, 6.45) is -1.43. The van der Waals surface area contributed by atoms with Crippen LogP contribution in [0.1, 0.15) is 17.2 Å². The topological polar surface area (TPSA) is 20.2 Å². The fourth-order valence-electron chi connectivity index (χ4n) is 1.64. The van der Waals surface area contributed by atoms with Crippen molar-refractivity contribution in [3.63, 3.8) is 0 Å². The van der Waals surface area contributed by atoms with Crippen LogP contribution < -0.4 is 0 Å². The summed E-state index contributed by atoms with van der Waals surface area (Å²) in [7, 11) is 0. The Morgan fingerprint density at radius 1 is 1.05 bits per heavy atom. The van der Waals surface area contributed by atoms with E-state index in [9.17, 15) is 13.9 Å². The number of hydrogen-bond acceptors (Lipinski definition) is 1. The molecule has 0 heterocycles. The summed E-state index contributed by atoms with van der Waals surface area (Å²) in [4.78, 5) is 0. The molecule has 0 aliphatic rings. The van der Waals surface area contributed by atoms with E-state index < -0.39 is 17.7 Å². The molecule has 2 aromatic carbocycles. The molecule has 2 aromatic rings. The highest BCUT2D eigenvalue weighted by Gasteiger charge is 2.21. The molecule has 0 saturated carbocycles. The summed E-state index contributed by atoms with van der Waals surface area (Å²) in [5.41, 5.74) is -0.100. The first-order valence-corrected chi connectivity index (χ1v) is 7.14. The molecule has 2 rings (SSSR count). The Bertz CT molecular complexity index is 634. The van der Waals surface area contributed by atoms with Crippen molar-refractivity contribution in [1.29, 1.82) is 0 Å². The van der Waals surface area contributed by atoms with E-state index in [1.807, 2.05) is 0 Å². The van der Waals surface area contributed by atoms with Crippen LogP contribution in [0.2, 0.25) is 5.02 Å². The lowest BCUT2D eigenvalue weighted by Crippen LogP contribution is -2.05. The average molecular weight is 412 g/mol. The lowest BCUT2D eigenvalue weighted by atomic mass is 10.0. The van der Waals surface area contributed by atoms with Gasteiger partial charge < -0.3 is 5.11 Å². The molecule has 0 spiro atoms. The van der Waals surface area contributed by atoms with Crippen LogP contribution in [-0.4, -0.2) is 5.11 Å². The summed E-state index contributed by atoms with van der Waals surface area (Å²) in [6, 6.07) is 6.95. The summed E-state index contributed by atoms with van der Waals surface area (Å²) in [6.45, 7) is 0. The lowest BCUT2D eigenvalue weighted by Gasteiger charge is -2.15. The van der Waals surface area contributed by atoms with E-state index in [2.05, 4.69) is 31.9 Å². The van der Waals surface area contributed by atoms with Gasteiger partial charge in [0.25, 0.3) is 0 Å². The molecule has 0 aliphatic heterocycles. The van der Waals surface area contributed by atoms with Crippen LogP contribution in [0.15, 0.2) is 39.3 Å². The summed E-state index contributed by atoms with van der Waals surface area (Å²) in [5.74, 6) is -1.39. The second-order valence-corrected chi connectivity index (χ2v) is 5.98. The van der Waals surface area contributed by atoms with Crippen LogP contribution in [0, 0.1) is 11.6 Å². The van der Waals surface area contributed by atoms with Gasteiger partial charge in [-0.3, -0.25) is 0 Å². The van der Waals surface area contributed by atoms with E-state index in [-0.39, 0.29) is 16.1 Å². The molecular weight excluding hydrogens is 405 g/mol. The van der Waals surface area contributed by atoms with Gasteiger partial charge in [0.1, 0.15) is 17.7 Å². The third kappa shape index (κ3) is 2.99. The summed E-state index contributed by atoms with van der Waals surface area (Å²) >= 11 is 12.0. The largest absolute Gasteiger partial charge is 0.383 e. The number of rotatable bonds is 2. The highest BCUT2D eigenvalue weighted by molar-refractivity contribution is 9.10. The molecule has 1 N–H and O–H groups in total. The van der Waals surface area contributed by atoms with Gasteiger partial charge in [0.15, 0.2) is 0 Å². The molecule has 0 bridgehead atoms. The molecular formula is C13H7Br2ClF2O. The van der Waals surface area contributed by atoms with Gasteiger partial charge in [-0.1, -0.05) is 33.6 Å². The molecule has 0 aliphatic carbocycles. The predicted octanol–water partition coefficient (Wildman–Crippen LogP) is 5.22. The number of hydrogen-bond donors (Lipinski definition) is 1. The molecule has 1 atom stereocenters. The third-order valence-corrected chi connectivity index (χ3v) is 4.36. The van der Waals surface area contributed by atoms with Crippen LogP contribution in [0.5, 0.6) is 0 Å². The quantitative estimate of drug-likeness (QED) is 0.670. The molecule has 0 radical (unpaired) electrons. The predicted molar refractivity (Wildman–Crippen MR) is 77.3 cm³/mol. The molecule has 0 fully saturated rings. The Labute approximate surface area is 130 Å². The SMILES string of the molecule is OC(c1cc(Br)ccc1F)c1ccc(Br)c(Cl)c1F. The number of halogens is 5. The van der Waals surface area contributed by atoms with Crippen molar-refractivity contribution < 1.29 is 13.9 Å². The maximum Gasteiger partial charge on any atom is 0.149 e. The second-order valence-electron chi connectivity index (χ2n) is 3.83. The fourth-order valence-corrected chi connectivity index (χ4v) is 2.50. The van der Waals surface area contributed by atoms with Gasteiger partial charge >= 0.3 is 0 Å². The Hall–Kier alpha value is -0.490. The molecule has 1 unspecified atom stereocenters. The van der Waals surface area contributed by atoms with Crippen LogP contribution >= 0.6 is 43.5 Å². The first-order chi connectivity index (χ1) is 8.91. The van der Waals surface area contributed by atoms with Crippen molar-refractivity contribution in [3.8, 4) is 0 Å². The highest BCUT2D eigenvalue weighted by Crippen LogP contribution is 2.34. The van der Waals surface area contributed by atoms with Gasteiger partial charge in [-0.15, -0.1) is 0 Å². The number of aliphatic hydroxyl groups is 1. The minimum atomic E-state index is -1.43. The monoisotopic (exact) mass is 410 g/mol. The van der Waals surface area contributed by atoms with Crippen molar-refractivity contribution in [2.75, 3.05) is 0 Å². The second kappa shape index (κ2) is 5.87. The van der Waals surface area contributed by atoms with Crippen molar-refractivity contribution >= 4 is 43.5 Å². The van der Waals surface area contributed by atoms with Crippen LogP contribution in [0.3, 0.4) is 0 Å². The summed E-state index contributed by atoms with van der Waals surface area (Å²) in [5, 5.41) is 9.97. The first kappa shape index (κ1) is 14.9. The molecule has 0 amide bonds. The molecule has 19 heavy (non-hydrogen) atoms. The molecule has 1 nitrogen and oxygen atoms in total. The lowest BCUT2D eigenvalue weighted by molar-refractivity contribution is 0.209. The van der Waals surface area contributed by atoms with Crippen molar-refractivity contribution in [2.45, 2.75) is 6.10 Å². The average Bonchev–Trinajstić information content (AvgIpc) is 2.38. The minimum absolute atomic E-state index is 0.0216. The van der Waals surface area contributed by atoms with E-state index in [4.69, 9.17) is 11.6 Å². The zero-order valence-electron chi connectivity index (χ0n) is 9.30. The van der Waals surface area contributed by atoms with Gasteiger partial charge in [0.2, 0.25) is 0 Å². The van der Waals surface area contributed by atoms with Crippen molar-refractivity contribution in [3.05, 3.63) is 67.1 Å². The fraction of sp³-hybridized carbons (Fsp3) is 0.0769. The smallest absolute Gasteiger partial charge is 0.149 e. The van der Waals surface area contributed by atoms with Crippen LogP contribution in [-0.2, 0) is 0 Å². The minimum Gasteiger partial charge on any atom is -0.383 e. The van der Waals surface area contributed by atoms with E-state index in [0.29, 0.717) is 8.95 Å². The number of aliphatic hydroxyl groups excluding tert-OH is 1. The van der Waals surface area contributed by atoms with Gasteiger partial charge in [0.05, 0.1) is 5.02 Å². The molecule has 0 saturated heterocycles. The Balaban J connectivity index is 2.53. The van der Waals surface area contributed by atoms with Crippen LogP contribution in [0.4, 0.5) is 8.78 Å². The molecule has 100 valence electrons. The highest BCUT2D eigenvalue weighted by atomic mass is 79.9. The van der Waals surface area contributed by atoms with Gasteiger partial charge in [0, 0.05) is 20.1 Å². The first-order valence-electron chi connectivity index (χ1n) is 5.18. The van der Waals surface area contributed by atoms with Gasteiger partial charge in [-0.25, -0.2) is 8.78 Å². The number of benzene rings is 2. The molecule has 0 aromatic heterocycles. The van der Waals surface area contributed by atoms with E-state index in [1.165, 1.54) is 30.3 Å². The third-order valence-electron chi connectivity index (χ3n) is 2.61. The normalized spacial score (nSPS) is 12.5. The van der Waals surface area contributed by atoms with Crippen molar-refractivity contribution in [1.82, 2.24) is 0 Å². The zero-order chi connectivity index (χ0) is 14.2. The van der Waals surface area contributed by atoms with Gasteiger partial charge in [-0.05, 0) is 40.2 Å². The zero-order valence-corrected chi connectivity index (χ0v) is 13.2. The van der Waals surface area contributed by atoms with E-state index in [1.54, 1.807) is 0 Å². The standard InChI is InChI=1S/C13H7Br2ClF2O/c14-6-1-4-10(17)8(5-6)13(19)7-2-3-9(15)11(16)12(7)18/h1-5,13,19H. The Morgan fingerprint density at radius 2 is 1.74 bits per heavy atom. The Morgan fingerprint density at radius 3 is 2.42 bits per heavy atom. The van der Waals surface area contributed by atoms with E-state index in [0.717, 1.165) is 0 Å². The Kier molecular flexibility index (Phi) is 4.61. The van der Waals surface area contributed by atoms with Crippen LogP contribution in [0.25, 0.3) is 0 Å². The summed E-state index contributed by atoms with van der Waals surface area (Å²) < 4.78 is 28.6. The van der Waals surface area contributed by atoms with Crippen molar-refractivity contribution in [2.24, 2.45) is 0 Å². The molecule has 6 heteroatoms. The maximum atomic E-state index is 14.0. The van der Waals surface area contributed by atoms with Gasteiger partial charge in [-0.2, -0.15) is 0 Å². The van der Waals surface area contributed by atoms with E-state index >= 15 is 0 Å². The maximum absolute atomic E-state index is 14.0.